The summed E-state index contributed by atoms with van der Waals surface area (Å²) in [5.74, 6) is -0.613. The molecule has 1 atom stereocenters. The van der Waals surface area contributed by atoms with Crippen molar-refractivity contribution in [3.63, 3.8) is 0 Å². The average Bonchev–Trinajstić information content (AvgIpc) is 3.35. The number of hydrogen-bond acceptors (Lipinski definition) is 6. The highest BCUT2D eigenvalue weighted by molar-refractivity contribution is 5.99. The predicted molar refractivity (Wildman–Crippen MR) is 142 cm³/mol. The fraction of sp³-hybridized carbons (Fsp3) is 0.296. The van der Waals surface area contributed by atoms with Gasteiger partial charge in [-0.1, -0.05) is 26.0 Å². The summed E-state index contributed by atoms with van der Waals surface area (Å²) in [7, 11) is 0. The van der Waals surface area contributed by atoms with Crippen LogP contribution in [0.25, 0.3) is 11.1 Å². The van der Waals surface area contributed by atoms with E-state index in [1.54, 1.807) is 29.3 Å². The highest BCUT2D eigenvalue weighted by Gasteiger charge is 2.34. The Morgan fingerprint density at radius 3 is 2.27 bits per heavy atom. The summed E-state index contributed by atoms with van der Waals surface area (Å²) in [6, 6.07) is 11.5. The van der Waals surface area contributed by atoms with Crippen LogP contribution >= 0.6 is 0 Å². The largest absolute Gasteiger partial charge is 0.477 e. The number of anilines is 2. The maximum absolute atomic E-state index is 13.0. The van der Waals surface area contributed by atoms with Crippen molar-refractivity contribution in [1.82, 2.24) is 21.0 Å². The molecule has 1 aromatic carbocycles. The molecule has 3 heterocycles. The van der Waals surface area contributed by atoms with E-state index in [2.05, 4.69) is 34.4 Å². The number of aryl methyl sites for hydroxylation is 1. The lowest BCUT2D eigenvalue weighted by Gasteiger charge is -2.24. The zero-order valence-corrected chi connectivity index (χ0v) is 21.2. The number of nitrogens with one attached hydrogen (secondary N) is 2. The third kappa shape index (κ3) is 6.28. The molecule has 10 nitrogen and oxygen atoms in total. The number of rotatable bonds is 6. The number of carbonyl (C=O) groups is 3. The first kappa shape index (κ1) is 27.3. The third-order valence-corrected chi connectivity index (χ3v) is 6.29. The van der Waals surface area contributed by atoms with Crippen LogP contribution in [-0.4, -0.2) is 50.5 Å². The maximum Gasteiger partial charge on any atom is 0.354 e. The zero-order valence-electron chi connectivity index (χ0n) is 21.2. The predicted octanol–water partition coefficient (Wildman–Crippen LogP) is 5.07. The van der Waals surface area contributed by atoms with Crippen LogP contribution in [0.15, 0.2) is 54.9 Å². The van der Waals surface area contributed by atoms with Crippen LogP contribution < -0.4 is 16.8 Å². The second-order valence-electron chi connectivity index (χ2n) is 9.17. The molecule has 37 heavy (non-hydrogen) atoms. The van der Waals surface area contributed by atoms with Crippen molar-refractivity contribution in [2.24, 2.45) is 0 Å². The number of carboxylic acids is 1. The summed E-state index contributed by atoms with van der Waals surface area (Å²) in [6.07, 6.45) is 4.35. The quantitative estimate of drug-likeness (QED) is 0.364. The Bertz CT molecular complexity index is 1280. The Morgan fingerprint density at radius 1 is 1.00 bits per heavy atom. The van der Waals surface area contributed by atoms with E-state index in [4.69, 9.17) is 5.11 Å². The summed E-state index contributed by atoms with van der Waals surface area (Å²) in [4.78, 5) is 46.7. The van der Waals surface area contributed by atoms with Crippen molar-refractivity contribution in [1.29, 1.82) is 0 Å². The van der Waals surface area contributed by atoms with E-state index in [0.717, 1.165) is 17.5 Å². The van der Waals surface area contributed by atoms with Crippen LogP contribution in [0, 0.1) is 6.92 Å². The van der Waals surface area contributed by atoms with Crippen LogP contribution in [0.5, 0.6) is 0 Å². The minimum Gasteiger partial charge on any atom is -0.477 e. The van der Waals surface area contributed by atoms with Crippen molar-refractivity contribution >= 4 is 29.4 Å². The van der Waals surface area contributed by atoms with Crippen molar-refractivity contribution in [2.45, 2.75) is 45.6 Å². The SMILES string of the molecule is Cc1cc(NC(=O)N2CCC[C@@H]2C(=O)Nc2ccc(-c3ccc(C(=O)O)nc3)cn2)ccc1C(C)C.N. The van der Waals surface area contributed by atoms with E-state index < -0.39 is 12.0 Å². The molecular formula is C27H32N6O4. The molecular weight excluding hydrogens is 472 g/mol. The molecule has 1 aliphatic rings. The normalized spacial score (nSPS) is 14.7. The molecule has 0 saturated carbocycles. The zero-order chi connectivity index (χ0) is 25.8. The molecule has 1 saturated heterocycles. The monoisotopic (exact) mass is 504 g/mol. The van der Waals surface area contributed by atoms with Crippen molar-refractivity contribution in [3.05, 3.63) is 71.7 Å². The second kappa shape index (κ2) is 11.6. The lowest BCUT2D eigenvalue weighted by molar-refractivity contribution is -0.119. The highest BCUT2D eigenvalue weighted by Crippen LogP contribution is 2.25. The molecule has 0 radical (unpaired) electrons. The first-order valence-corrected chi connectivity index (χ1v) is 11.9. The number of amides is 3. The average molecular weight is 505 g/mol. The fourth-order valence-electron chi connectivity index (χ4n) is 4.42. The number of carboxylic acid groups (broad SMARTS) is 1. The summed E-state index contributed by atoms with van der Waals surface area (Å²) in [5, 5.41) is 14.7. The van der Waals surface area contributed by atoms with Crippen molar-refractivity contribution < 1.29 is 19.5 Å². The second-order valence-corrected chi connectivity index (χ2v) is 9.17. The topological polar surface area (TPSA) is 160 Å². The minimum atomic E-state index is -1.09. The summed E-state index contributed by atoms with van der Waals surface area (Å²) >= 11 is 0. The van der Waals surface area contributed by atoms with Crippen LogP contribution in [0.3, 0.4) is 0 Å². The Hall–Kier alpha value is -4.31. The molecule has 3 amide bonds. The molecule has 6 N–H and O–H groups in total. The van der Waals surface area contributed by atoms with Gasteiger partial charge in [0.1, 0.15) is 17.6 Å². The smallest absolute Gasteiger partial charge is 0.354 e. The number of carbonyl (C=O) groups excluding carboxylic acids is 2. The number of aromatic carboxylic acids is 1. The van der Waals surface area contributed by atoms with Gasteiger partial charge in [-0.3, -0.25) is 4.79 Å². The lowest BCUT2D eigenvalue weighted by Crippen LogP contribution is -2.45. The Labute approximate surface area is 215 Å². The van der Waals surface area contributed by atoms with Gasteiger partial charge in [0, 0.05) is 35.8 Å². The number of hydrogen-bond donors (Lipinski definition) is 4. The van der Waals surface area contributed by atoms with Gasteiger partial charge in [0.2, 0.25) is 5.91 Å². The Morgan fingerprint density at radius 2 is 1.70 bits per heavy atom. The van der Waals surface area contributed by atoms with Crippen LogP contribution in [-0.2, 0) is 4.79 Å². The first-order chi connectivity index (χ1) is 17.2. The molecule has 1 fully saturated rings. The third-order valence-electron chi connectivity index (χ3n) is 6.29. The standard InChI is InChI=1S/C27H29N5O4.H3N/c1-16(2)21-9-8-20(13-17(21)3)30-27(36)32-12-4-5-23(32)25(33)31-24-11-7-19(15-29-24)18-6-10-22(26(34)35)28-14-18;/h6-11,13-16,23H,4-5,12H2,1-3H3,(H,30,36)(H,34,35)(H,29,31,33);1H3/t23-;/m1./s1. The Kier molecular flexibility index (Phi) is 8.56. The van der Waals surface area contributed by atoms with E-state index in [1.807, 2.05) is 25.1 Å². The van der Waals surface area contributed by atoms with E-state index in [9.17, 15) is 14.4 Å². The number of nitrogens with zero attached hydrogens (tertiary/aromatic N) is 3. The number of pyridine rings is 2. The molecule has 0 bridgehead atoms. The molecule has 10 heteroatoms. The molecule has 0 unspecified atom stereocenters. The lowest BCUT2D eigenvalue weighted by atomic mass is 9.98. The molecule has 0 spiro atoms. The van der Waals surface area contributed by atoms with Gasteiger partial charge >= 0.3 is 12.0 Å². The molecule has 194 valence electrons. The summed E-state index contributed by atoms with van der Waals surface area (Å²) < 4.78 is 0. The van der Waals surface area contributed by atoms with Crippen molar-refractivity contribution in [3.8, 4) is 11.1 Å². The van der Waals surface area contributed by atoms with Gasteiger partial charge in [-0.15, -0.1) is 0 Å². The number of urea groups is 1. The Balaban J connectivity index is 0.00000380. The molecule has 0 aliphatic carbocycles. The molecule has 1 aliphatic heterocycles. The van der Waals surface area contributed by atoms with Crippen molar-refractivity contribution in [2.75, 3.05) is 17.2 Å². The van der Waals surface area contributed by atoms with Gasteiger partial charge in [0.15, 0.2) is 0 Å². The van der Waals surface area contributed by atoms with E-state index >= 15 is 0 Å². The fourth-order valence-corrected chi connectivity index (χ4v) is 4.42. The van der Waals surface area contributed by atoms with Gasteiger partial charge < -0.3 is 26.8 Å². The van der Waals surface area contributed by atoms with Crippen LogP contribution in [0.1, 0.15) is 54.2 Å². The van der Waals surface area contributed by atoms with E-state index in [0.29, 0.717) is 36.0 Å². The number of likely N-dealkylation sites (tertiary alicyclic amines) is 1. The van der Waals surface area contributed by atoms with Gasteiger partial charge in [-0.05, 0) is 67.1 Å². The first-order valence-electron chi connectivity index (χ1n) is 11.9. The maximum atomic E-state index is 13.0. The van der Waals surface area contributed by atoms with Crippen LogP contribution in [0.4, 0.5) is 16.3 Å². The summed E-state index contributed by atoms with van der Waals surface area (Å²) in [6.45, 7) is 6.79. The van der Waals surface area contributed by atoms with Gasteiger partial charge in [0.05, 0.1) is 0 Å². The van der Waals surface area contributed by atoms with Crippen LogP contribution in [0.2, 0.25) is 0 Å². The minimum absolute atomic E-state index is 0. The number of benzene rings is 1. The summed E-state index contributed by atoms with van der Waals surface area (Å²) in [5.41, 5.74) is 4.46. The van der Waals surface area contributed by atoms with Gasteiger partial charge in [0.25, 0.3) is 0 Å². The van der Waals surface area contributed by atoms with E-state index in [1.165, 1.54) is 17.8 Å². The van der Waals surface area contributed by atoms with E-state index in [-0.39, 0.29) is 23.8 Å². The number of aromatic nitrogens is 2. The molecule has 3 aromatic rings. The molecule has 4 rings (SSSR count). The van der Waals surface area contributed by atoms with Gasteiger partial charge in [-0.25, -0.2) is 19.6 Å². The highest BCUT2D eigenvalue weighted by atomic mass is 16.4. The van der Waals surface area contributed by atoms with Gasteiger partial charge in [-0.2, -0.15) is 0 Å². The molecule has 2 aromatic heterocycles.